The standard InChI is InChI=1S/C16H21ClN2S/c1-4-18-11-13-14(17)7-5-8-15(13)19(3)12(2)16-9-6-10-20-16/h5-10,12,18H,4,11H2,1-3H3. The van der Waals surface area contributed by atoms with E-state index in [-0.39, 0.29) is 0 Å². The lowest BCUT2D eigenvalue weighted by atomic mass is 10.1. The van der Waals surface area contributed by atoms with Crippen LogP contribution in [0.4, 0.5) is 5.69 Å². The van der Waals surface area contributed by atoms with Crippen molar-refractivity contribution in [2.45, 2.75) is 26.4 Å². The lowest BCUT2D eigenvalue weighted by Gasteiger charge is -2.29. The number of thiophene rings is 1. The minimum atomic E-state index is 0.342. The van der Waals surface area contributed by atoms with Crippen LogP contribution in [-0.2, 0) is 6.54 Å². The Balaban J connectivity index is 2.29. The van der Waals surface area contributed by atoms with Gasteiger partial charge in [0, 0.05) is 34.7 Å². The van der Waals surface area contributed by atoms with E-state index in [1.165, 1.54) is 16.1 Å². The fourth-order valence-corrected chi connectivity index (χ4v) is 3.29. The van der Waals surface area contributed by atoms with E-state index in [4.69, 9.17) is 11.6 Å². The molecule has 2 nitrogen and oxygen atoms in total. The maximum absolute atomic E-state index is 6.37. The molecule has 0 bridgehead atoms. The van der Waals surface area contributed by atoms with Crippen LogP contribution in [0.5, 0.6) is 0 Å². The molecule has 1 heterocycles. The average Bonchev–Trinajstić information content (AvgIpc) is 2.98. The first-order valence-electron chi connectivity index (χ1n) is 6.89. The van der Waals surface area contributed by atoms with Gasteiger partial charge in [0.1, 0.15) is 0 Å². The minimum absolute atomic E-state index is 0.342. The Kier molecular flexibility index (Phi) is 5.46. The number of hydrogen-bond donors (Lipinski definition) is 1. The minimum Gasteiger partial charge on any atom is -0.367 e. The highest BCUT2D eigenvalue weighted by Gasteiger charge is 2.17. The third kappa shape index (κ3) is 3.35. The van der Waals surface area contributed by atoms with Crippen molar-refractivity contribution in [1.82, 2.24) is 5.32 Å². The first-order valence-corrected chi connectivity index (χ1v) is 8.15. The molecule has 1 atom stereocenters. The number of nitrogens with one attached hydrogen (secondary N) is 1. The van der Waals surface area contributed by atoms with Gasteiger partial charge in [-0.1, -0.05) is 30.7 Å². The second kappa shape index (κ2) is 7.11. The molecule has 0 spiro atoms. The van der Waals surface area contributed by atoms with Crippen LogP contribution in [0.3, 0.4) is 0 Å². The van der Waals surface area contributed by atoms with Gasteiger partial charge in [0.15, 0.2) is 0 Å². The lowest BCUT2D eigenvalue weighted by Crippen LogP contribution is -2.24. The molecule has 0 fully saturated rings. The maximum Gasteiger partial charge on any atom is 0.0603 e. The van der Waals surface area contributed by atoms with Crippen LogP contribution >= 0.6 is 22.9 Å². The van der Waals surface area contributed by atoms with Crippen LogP contribution in [-0.4, -0.2) is 13.6 Å². The van der Waals surface area contributed by atoms with Crippen LogP contribution in [0.1, 0.15) is 30.3 Å². The van der Waals surface area contributed by atoms with Crippen molar-refractivity contribution in [3.8, 4) is 0 Å². The van der Waals surface area contributed by atoms with Crippen molar-refractivity contribution < 1.29 is 0 Å². The van der Waals surface area contributed by atoms with Crippen LogP contribution in [0.15, 0.2) is 35.7 Å². The summed E-state index contributed by atoms with van der Waals surface area (Å²) in [6, 6.07) is 10.7. The highest BCUT2D eigenvalue weighted by molar-refractivity contribution is 7.10. The zero-order chi connectivity index (χ0) is 14.5. The van der Waals surface area contributed by atoms with E-state index in [2.05, 4.69) is 54.7 Å². The van der Waals surface area contributed by atoms with Gasteiger partial charge in [0.25, 0.3) is 0 Å². The zero-order valence-electron chi connectivity index (χ0n) is 12.2. The number of benzene rings is 1. The largest absolute Gasteiger partial charge is 0.367 e. The molecule has 0 saturated heterocycles. The predicted molar refractivity (Wildman–Crippen MR) is 90.0 cm³/mol. The van der Waals surface area contributed by atoms with E-state index in [0.29, 0.717) is 6.04 Å². The van der Waals surface area contributed by atoms with E-state index in [1.807, 2.05) is 12.1 Å². The molecule has 2 aromatic rings. The zero-order valence-corrected chi connectivity index (χ0v) is 13.8. The van der Waals surface area contributed by atoms with Gasteiger partial charge in [-0.25, -0.2) is 0 Å². The quantitative estimate of drug-likeness (QED) is 0.831. The van der Waals surface area contributed by atoms with Crippen molar-refractivity contribution in [2.75, 3.05) is 18.5 Å². The number of halogens is 1. The van der Waals surface area contributed by atoms with Gasteiger partial charge >= 0.3 is 0 Å². The summed E-state index contributed by atoms with van der Waals surface area (Å²) in [5, 5.41) is 6.32. The Morgan fingerprint density at radius 2 is 2.10 bits per heavy atom. The van der Waals surface area contributed by atoms with E-state index < -0.39 is 0 Å². The van der Waals surface area contributed by atoms with Crippen molar-refractivity contribution >= 4 is 28.6 Å². The second-order valence-corrected chi connectivity index (χ2v) is 6.21. The van der Waals surface area contributed by atoms with Gasteiger partial charge in [0.05, 0.1) is 6.04 Å². The van der Waals surface area contributed by atoms with Crippen molar-refractivity contribution in [3.05, 3.63) is 51.2 Å². The molecule has 1 unspecified atom stereocenters. The molecule has 2 rings (SSSR count). The van der Waals surface area contributed by atoms with Crippen LogP contribution in [0.25, 0.3) is 0 Å². The Morgan fingerprint density at radius 1 is 1.30 bits per heavy atom. The van der Waals surface area contributed by atoms with Gasteiger partial charge in [0.2, 0.25) is 0 Å². The molecule has 108 valence electrons. The number of hydrogen-bond acceptors (Lipinski definition) is 3. The van der Waals surface area contributed by atoms with Gasteiger partial charge in [-0.15, -0.1) is 11.3 Å². The monoisotopic (exact) mass is 308 g/mol. The molecule has 1 N–H and O–H groups in total. The third-order valence-electron chi connectivity index (χ3n) is 3.56. The van der Waals surface area contributed by atoms with E-state index in [1.54, 1.807) is 11.3 Å². The molecule has 4 heteroatoms. The second-order valence-electron chi connectivity index (χ2n) is 4.82. The maximum atomic E-state index is 6.37. The van der Waals surface area contributed by atoms with Gasteiger partial charge in [-0.3, -0.25) is 0 Å². The highest BCUT2D eigenvalue weighted by Crippen LogP contribution is 2.33. The molecular formula is C16H21ClN2S. The van der Waals surface area contributed by atoms with Crippen molar-refractivity contribution in [2.24, 2.45) is 0 Å². The van der Waals surface area contributed by atoms with E-state index in [9.17, 15) is 0 Å². The first-order chi connectivity index (χ1) is 9.65. The number of rotatable bonds is 6. The van der Waals surface area contributed by atoms with Crippen LogP contribution in [0.2, 0.25) is 5.02 Å². The smallest absolute Gasteiger partial charge is 0.0603 e. The average molecular weight is 309 g/mol. The molecule has 1 aromatic carbocycles. The molecule has 0 radical (unpaired) electrons. The number of anilines is 1. The molecule has 20 heavy (non-hydrogen) atoms. The lowest BCUT2D eigenvalue weighted by molar-refractivity contribution is 0.708. The number of nitrogens with zero attached hydrogens (tertiary/aromatic N) is 1. The SMILES string of the molecule is CCNCc1c(Cl)cccc1N(C)C(C)c1cccs1. The summed E-state index contributed by atoms with van der Waals surface area (Å²) in [6.07, 6.45) is 0. The summed E-state index contributed by atoms with van der Waals surface area (Å²) in [5.74, 6) is 0. The highest BCUT2D eigenvalue weighted by atomic mass is 35.5. The molecule has 0 aliphatic rings. The third-order valence-corrected chi connectivity index (χ3v) is 4.96. The van der Waals surface area contributed by atoms with Crippen molar-refractivity contribution in [1.29, 1.82) is 0 Å². The van der Waals surface area contributed by atoms with Crippen LogP contribution < -0.4 is 10.2 Å². The fourth-order valence-electron chi connectivity index (χ4n) is 2.23. The molecule has 0 amide bonds. The van der Waals surface area contributed by atoms with Gasteiger partial charge in [-0.2, -0.15) is 0 Å². The summed E-state index contributed by atoms with van der Waals surface area (Å²) in [4.78, 5) is 3.66. The fraction of sp³-hybridized carbons (Fsp3) is 0.375. The summed E-state index contributed by atoms with van der Waals surface area (Å²) in [5.41, 5.74) is 2.36. The van der Waals surface area contributed by atoms with E-state index in [0.717, 1.165) is 18.1 Å². The summed E-state index contributed by atoms with van der Waals surface area (Å²) in [7, 11) is 2.13. The Hall–Kier alpha value is -1.03. The molecule has 0 aliphatic carbocycles. The normalized spacial score (nSPS) is 12.4. The van der Waals surface area contributed by atoms with Crippen LogP contribution in [0, 0.1) is 0 Å². The summed E-state index contributed by atoms with van der Waals surface area (Å²) >= 11 is 8.17. The Bertz CT molecular complexity index is 539. The van der Waals surface area contributed by atoms with Gasteiger partial charge < -0.3 is 10.2 Å². The van der Waals surface area contributed by atoms with E-state index >= 15 is 0 Å². The summed E-state index contributed by atoms with van der Waals surface area (Å²) in [6.45, 7) is 6.07. The predicted octanol–water partition coefficient (Wildman–Crippen LogP) is 4.71. The Labute approximate surface area is 130 Å². The van der Waals surface area contributed by atoms with Gasteiger partial charge in [-0.05, 0) is 37.0 Å². The molecule has 0 aliphatic heterocycles. The Morgan fingerprint density at radius 3 is 2.75 bits per heavy atom. The van der Waals surface area contributed by atoms with Crippen molar-refractivity contribution in [3.63, 3.8) is 0 Å². The molecular weight excluding hydrogens is 288 g/mol. The first kappa shape index (κ1) is 15.4. The topological polar surface area (TPSA) is 15.3 Å². The molecule has 0 saturated carbocycles. The summed E-state index contributed by atoms with van der Waals surface area (Å²) < 4.78 is 0. The molecule has 1 aromatic heterocycles.